The van der Waals surface area contributed by atoms with Crippen molar-refractivity contribution < 1.29 is 14.0 Å². The number of hydrogen-bond acceptors (Lipinski definition) is 2. The van der Waals surface area contributed by atoms with Gasteiger partial charge < -0.3 is 0 Å². The van der Waals surface area contributed by atoms with Gasteiger partial charge in [-0.05, 0) is 42.7 Å². The Labute approximate surface area is 156 Å². The van der Waals surface area contributed by atoms with Gasteiger partial charge in [0.05, 0.1) is 5.69 Å². The molecule has 1 heterocycles. The molecule has 1 unspecified atom stereocenters. The number of hydrogen-bond donors (Lipinski definition) is 0. The normalized spacial score (nSPS) is 20.4. The van der Waals surface area contributed by atoms with Gasteiger partial charge in [-0.1, -0.05) is 35.9 Å². The molecule has 2 aliphatic rings. The van der Waals surface area contributed by atoms with E-state index < -0.39 is 5.82 Å². The molecule has 0 saturated carbocycles. The summed E-state index contributed by atoms with van der Waals surface area (Å²) in [7, 11) is 0. The van der Waals surface area contributed by atoms with Crippen LogP contribution in [0, 0.1) is 5.82 Å². The monoisotopic (exact) mass is 369 g/mol. The number of nitrogens with zero attached hydrogens (tertiary/aromatic N) is 1. The van der Waals surface area contributed by atoms with Crippen molar-refractivity contribution in [2.24, 2.45) is 0 Å². The van der Waals surface area contributed by atoms with Gasteiger partial charge in [0.2, 0.25) is 5.91 Å². The molecule has 2 aromatic carbocycles. The number of benzene rings is 2. The second-order valence-corrected chi connectivity index (χ2v) is 7.03. The Morgan fingerprint density at radius 2 is 1.85 bits per heavy atom. The number of carbonyl (C=O) groups excluding carboxylic acids is 2. The fraction of sp³-hybridized carbons (Fsp3) is 0.238. The second kappa shape index (κ2) is 6.69. The quantitative estimate of drug-likeness (QED) is 0.746. The number of Topliss-reactive ketones (excluding diaryl/α,β-unsaturated/α-hetero) is 1. The van der Waals surface area contributed by atoms with E-state index in [1.807, 2.05) is 18.2 Å². The maximum absolute atomic E-state index is 13.7. The lowest BCUT2D eigenvalue weighted by Crippen LogP contribution is -2.40. The molecule has 0 fully saturated rings. The zero-order valence-corrected chi connectivity index (χ0v) is 14.8. The van der Waals surface area contributed by atoms with Crippen molar-refractivity contribution in [3.8, 4) is 0 Å². The Morgan fingerprint density at radius 1 is 1.04 bits per heavy atom. The average Bonchev–Trinajstić information content (AvgIpc) is 2.61. The van der Waals surface area contributed by atoms with Crippen LogP contribution in [0.4, 0.5) is 10.1 Å². The highest BCUT2D eigenvalue weighted by molar-refractivity contribution is 6.31. The van der Waals surface area contributed by atoms with Crippen molar-refractivity contribution in [3.05, 3.63) is 76.2 Å². The van der Waals surface area contributed by atoms with Crippen molar-refractivity contribution in [2.45, 2.75) is 31.6 Å². The fourth-order valence-electron chi connectivity index (χ4n) is 3.93. The molecule has 4 rings (SSSR count). The van der Waals surface area contributed by atoms with Gasteiger partial charge in [-0.15, -0.1) is 0 Å². The standard InChI is InChI=1S/C21H17ClFNO2/c22-17-8-2-1-7-15(17)16-12-20(26)24(14-6-3-5-13(23)11-14)18-9-4-10-19(25)21(16)18/h1-3,5-8,11,16H,4,9-10,12H2. The maximum Gasteiger partial charge on any atom is 0.232 e. The molecule has 0 N–H and O–H groups in total. The van der Waals surface area contributed by atoms with Crippen LogP contribution in [0.2, 0.25) is 5.02 Å². The van der Waals surface area contributed by atoms with Gasteiger partial charge in [0, 0.05) is 35.1 Å². The number of rotatable bonds is 2. The minimum absolute atomic E-state index is 0.0464. The molecule has 0 saturated heterocycles. The Morgan fingerprint density at radius 3 is 2.62 bits per heavy atom. The van der Waals surface area contributed by atoms with Gasteiger partial charge in [0.15, 0.2) is 5.78 Å². The van der Waals surface area contributed by atoms with Gasteiger partial charge in [-0.25, -0.2) is 4.39 Å². The molecule has 1 amide bonds. The largest absolute Gasteiger partial charge is 0.294 e. The van der Waals surface area contributed by atoms with Crippen LogP contribution in [-0.4, -0.2) is 11.7 Å². The summed E-state index contributed by atoms with van der Waals surface area (Å²) in [6.45, 7) is 0. The van der Waals surface area contributed by atoms with E-state index in [1.165, 1.54) is 17.0 Å². The van der Waals surface area contributed by atoms with Crippen LogP contribution in [0.25, 0.3) is 0 Å². The van der Waals surface area contributed by atoms with Crippen LogP contribution in [0.15, 0.2) is 59.8 Å². The highest BCUT2D eigenvalue weighted by Gasteiger charge is 2.40. The lowest BCUT2D eigenvalue weighted by atomic mass is 9.77. The molecule has 1 aliphatic carbocycles. The first-order valence-electron chi connectivity index (χ1n) is 8.65. The molecule has 0 bridgehead atoms. The smallest absolute Gasteiger partial charge is 0.232 e. The van der Waals surface area contributed by atoms with E-state index in [4.69, 9.17) is 11.6 Å². The molecular weight excluding hydrogens is 353 g/mol. The van der Waals surface area contributed by atoms with E-state index in [0.717, 1.165) is 5.56 Å². The highest BCUT2D eigenvalue weighted by atomic mass is 35.5. The Balaban J connectivity index is 1.89. The summed E-state index contributed by atoms with van der Waals surface area (Å²) in [5.41, 5.74) is 2.60. The Bertz CT molecular complexity index is 937. The lowest BCUT2D eigenvalue weighted by Gasteiger charge is -2.38. The second-order valence-electron chi connectivity index (χ2n) is 6.62. The summed E-state index contributed by atoms with van der Waals surface area (Å²) >= 11 is 6.35. The predicted octanol–water partition coefficient (Wildman–Crippen LogP) is 5.01. The third-order valence-corrected chi connectivity index (χ3v) is 5.37. The van der Waals surface area contributed by atoms with E-state index in [9.17, 15) is 14.0 Å². The minimum Gasteiger partial charge on any atom is -0.294 e. The van der Waals surface area contributed by atoms with E-state index in [0.29, 0.717) is 41.2 Å². The molecule has 1 atom stereocenters. The van der Waals surface area contributed by atoms with E-state index in [2.05, 4.69) is 0 Å². The summed E-state index contributed by atoms with van der Waals surface area (Å²) in [4.78, 5) is 27.3. The van der Waals surface area contributed by atoms with E-state index in [-0.39, 0.29) is 24.0 Å². The van der Waals surface area contributed by atoms with E-state index in [1.54, 1.807) is 18.2 Å². The number of ketones is 1. The minimum atomic E-state index is -0.409. The zero-order valence-electron chi connectivity index (χ0n) is 14.0. The Hall–Kier alpha value is -2.46. The number of amides is 1. The number of allylic oxidation sites excluding steroid dienone is 2. The van der Waals surface area contributed by atoms with Crippen molar-refractivity contribution >= 4 is 29.0 Å². The first kappa shape index (κ1) is 17.0. The number of halogens is 2. The molecule has 0 spiro atoms. The average molecular weight is 370 g/mol. The summed E-state index contributed by atoms with van der Waals surface area (Å²) in [6, 6.07) is 13.3. The topological polar surface area (TPSA) is 37.4 Å². The zero-order chi connectivity index (χ0) is 18.3. The highest BCUT2D eigenvalue weighted by Crippen LogP contribution is 2.44. The van der Waals surface area contributed by atoms with Crippen molar-refractivity contribution in [1.29, 1.82) is 0 Å². The van der Waals surface area contributed by atoms with Crippen LogP contribution in [-0.2, 0) is 9.59 Å². The lowest BCUT2D eigenvalue weighted by molar-refractivity contribution is -0.119. The molecule has 3 nitrogen and oxygen atoms in total. The van der Waals surface area contributed by atoms with Gasteiger partial charge >= 0.3 is 0 Å². The molecular formula is C21H17ClFNO2. The van der Waals surface area contributed by atoms with Crippen molar-refractivity contribution in [1.82, 2.24) is 0 Å². The number of anilines is 1. The van der Waals surface area contributed by atoms with Gasteiger partial charge in [0.1, 0.15) is 5.82 Å². The molecule has 5 heteroatoms. The van der Waals surface area contributed by atoms with Crippen LogP contribution in [0.3, 0.4) is 0 Å². The summed E-state index contributed by atoms with van der Waals surface area (Å²) in [5.74, 6) is -0.851. The Kier molecular flexibility index (Phi) is 4.37. The third kappa shape index (κ3) is 2.84. The van der Waals surface area contributed by atoms with Gasteiger partial charge in [-0.3, -0.25) is 14.5 Å². The van der Waals surface area contributed by atoms with Crippen LogP contribution >= 0.6 is 11.6 Å². The molecule has 132 valence electrons. The molecule has 0 radical (unpaired) electrons. The van der Waals surface area contributed by atoms with Crippen molar-refractivity contribution in [2.75, 3.05) is 4.90 Å². The summed E-state index contributed by atoms with van der Waals surface area (Å²) in [5, 5.41) is 0.551. The predicted molar refractivity (Wildman–Crippen MR) is 98.6 cm³/mol. The first-order chi connectivity index (χ1) is 12.6. The van der Waals surface area contributed by atoms with Gasteiger partial charge in [0.25, 0.3) is 0 Å². The molecule has 0 aromatic heterocycles. The third-order valence-electron chi connectivity index (χ3n) is 5.02. The number of carbonyl (C=O) groups is 2. The summed E-state index contributed by atoms with van der Waals surface area (Å²) < 4.78 is 13.7. The first-order valence-corrected chi connectivity index (χ1v) is 9.03. The van der Waals surface area contributed by atoms with Crippen LogP contribution in [0.1, 0.15) is 37.2 Å². The van der Waals surface area contributed by atoms with E-state index >= 15 is 0 Å². The SMILES string of the molecule is O=C1CCCC2=C1C(c1ccccc1Cl)CC(=O)N2c1cccc(F)c1. The molecule has 1 aliphatic heterocycles. The van der Waals surface area contributed by atoms with Crippen molar-refractivity contribution in [3.63, 3.8) is 0 Å². The summed E-state index contributed by atoms with van der Waals surface area (Å²) in [6.07, 6.45) is 1.91. The molecule has 26 heavy (non-hydrogen) atoms. The fourth-order valence-corrected chi connectivity index (χ4v) is 4.20. The van der Waals surface area contributed by atoms with Gasteiger partial charge in [-0.2, -0.15) is 0 Å². The van der Waals surface area contributed by atoms with Crippen LogP contribution in [0.5, 0.6) is 0 Å². The van der Waals surface area contributed by atoms with Crippen LogP contribution < -0.4 is 4.90 Å². The maximum atomic E-state index is 13.7. The molecule has 2 aromatic rings.